The van der Waals surface area contributed by atoms with Crippen LogP contribution in [0.3, 0.4) is 0 Å². The molecular weight excluding hydrogens is 254 g/mol. The molecule has 0 atom stereocenters. The quantitative estimate of drug-likeness (QED) is 0.792. The zero-order chi connectivity index (χ0) is 12.4. The van der Waals surface area contributed by atoms with E-state index in [1.165, 1.54) is 11.3 Å². The Morgan fingerprint density at radius 1 is 1.39 bits per heavy atom. The molecule has 0 radical (unpaired) electrons. The van der Waals surface area contributed by atoms with Gasteiger partial charge >= 0.3 is 0 Å². The molecule has 1 aromatic heterocycles. The minimum atomic E-state index is 0.170. The summed E-state index contributed by atoms with van der Waals surface area (Å²) in [5.74, 6) is 1.64. The lowest BCUT2D eigenvalue weighted by molar-refractivity contribution is 0.111. The molecule has 0 amide bonds. The van der Waals surface area contributed by atoms with Crippen molar-refractivity contribution in [1.29, 1.82) is 0 Å². The van der Waals surface area contributed by atoms with E-state index >= 15 is 0 Å². The Labute approximate surface area is 107 Å². The lowest BCUT2D eigenvalue weighted by Gasteiger charge is -2.07. The van der Waals surface area contributed by atoms with E-state index in [0.717, 1.165) is 11.3 Å². The number of carbonyl (C=O) groups excluding carboxylic acids is 1. The van der Waals surface area contributed by atoms with Gasteiger partial charge in [-0.05, 0) is 6.07 Å². The molecule has 0 saturated carbocycles. The molecule has 0 spiro atoms. The van der Waals surface area contributed by atoms with Crippen LogP contribution in [0.15, 0.2) is 23.7 Å². The van der Waals surface area contributed by atoms with E-state index in [2.05, 4.69) is 4.98 Å². The van der Waals surface area contributed by atoms with Gasteiger partial charge in [0.2, 0.25) is 6.79 Å². The van der Waals surface area contributed by atoms with Gasteiger partial charge in [0.25, 0.3) is 0 Å². The van der Waals surface area contributed by atoms with Crippen LogP contribution in [-0.2, 0) is 6.61 Å². The SMILES string of the molecule is O=Cc1cc2c(cc1OCc1nccs1)OCO2. The highest BCUT2D eigenvalue weighted by Crippen LogP contribution is 2.37. The van der Waals surface area contributed by atoms with E-state index in [4.69, 9.17) is 14.2 Å². The first-order valence-electron chi connectivity index (χ1n) is 5.27. The molecular formula is C12H9NO4S. The number of benzene rings is 1. The third-order valence-electron chi connectivity index (χ3n) is 2.47. The second-order valence-corrected chi connectivity index (χ2v) is 4.55. The number of carbonyl (C=O) groups is 1. The smallest absolute Gasteiger partial charge is 0.231 e. The van der Waals surface area contributed by atoms with Crippen LogP contribution in [0.25, 0.3) is 0 Å². The van der Waals surface area contributed by atoms with Crippen molar-refractivity contribution in [1.82, 2.24) is 4.98 Å². The third kappa shape index (κ3) is 2.02. The van der Waals surface area contributed by atoms with Crippen molar-refractivity contribution >= 4 is 17.6 Å². The van der Waals surface area contributed by atoms with Gasteiger partial charge in [0.05, 0.1) is 5.56 Å². The lowest BCUT2D eigenvalue weighted by atomic mass is 10.2. The number of ether oxygens (including phenoxy) is 3. The van der Waals surface area contributed by atoms with Crippen molar-refractivity contribution in [2.75, 3.05) is 6.79 Å². The lowest BCUT2D eigenvalue weighted by Crippen LogP contribution is -1.98. The van der Waals surface area contributed by atoms with Gasteiger partial charge in [0, 0.05) is 17.6 Å². The van der Waals surface area contributed by atoms with E-state index in [0.29, 0.717) is 29.4 Å². The van der Waals surface area contributed by atoms with Gasteiger partial charge in [-0.25, -0.2) is 4.98 Å². The Hall–Kier alpha value is -2.08. The number of hydrogen-bond donors (Lipinski definition) is 0. The van der Waals surface area contributed by atoms with Gasteiger partial charge in [-0.3, -0.25) is 4.79 Å². The summed E-state index contributed by atoms with van der Waals surface area (Å²) in [5, 5.41) is 2.73. The van der Waals surface area contributed by atoms with Gasteiger partial charge in [0.15, 0.2) is 17.8 Å². The van der Waals surface area contributed by atoms with Crippen molar-refractivity contribution < 1.29 is 19.0 Å². The maximum Gasteiger partial charge on any atom is 0.231 e. The molecule has 0 N–H and O–H groups in total. The molecule has 1 aliphatic rings. The Bertz CT molecular complexity index is 568. The van der Waals surface area contributed by atoms with Crippen LogP contribution in [0.5, 0.6) is 17.2 Å². The Morgan fingerprint density at radius 3 is 2.94 bits per heavy atom. The number of aromatic nitrogens is 1. The highest BCUT2D eigenvalue weighted by molar-refractivity contribution is 7.09. The van der Waals surface area contributed by atoms with Gasteiger partial charge in [-0.1, -0.05) is 0 Å². The average molecular weight is 263 g/mol. The van der Waals surface area contributed by atoms with E-state index in [1.54, 1.807) is 18.3 Å². The van der Waals surface area contributed by atoms with E-state index in [1.807, 2.05) is 5.38 Å². The summed E-state index contributed by atoms with van der Waals surface area (Å²) in [6.07, 6.45) is 2.45. The molecule has 0 fully saturated rings. The Balaban J connectivity index is 1.84. The minimum absolute atomic E-state index is 0.170. The predicted octanol–water partition coefficient (Wildman–Crippen LogP) is 2.26. The van der Waals surface area contributed by atoms with E-state index in [-0.39, 0.29) is 6.79 Å². The summed E-state index contributed by atoms with van der Waals surface area (Å²) in [6, 6.07) is 3.28. The van der Waals surface area contributed by atoms with Crippen LogP contribution in [0.4, 0.5) is 0 Å². The van der Waals surface area contributed by atoms with Crippen LogP contribution >= 0.6 is 11.3 Å². The molecule has 0 unspecified atom stereocenters. The maximum absolute atomic E-state index is 11.0. The Kier molecular flexibility index (Phi) is 2.85. The summed E-state index contributed by atoms with van der Waals surface area (Å²) in [4.78, 5) is 15.1. The second-order valence-electron chi connectivity index (χ2n) is 3.58. The fourth-order valence-corrected chi connectivity index (χ4v) is 2.15. The second kappa shape index (κ2) is 4.66. The number of rotatable bonds is 4. The first-order chi connectivity index (χ1) is 8.86. The van der Waals surface area contributed by atoms with Crippen molar-refractivity contribution in [2.45, 2.75) is 6.61 Å². The first-order valence-corrected chi connectivity index (χ1v) is 6.15. The number of nitrogens with zero attached hydrogens (tertiary/aromatic N) is 1. The van der Waals surface area contributed by atoms with Crippen LogP contribution in [-0.4, -0.2) is 18.1 Å². The van der Waals surface area contributed by atoms with Gasteiger partial charge in [-0.2, -0.15) is 0 Å². The molecule has 1 aliphatic heterocycles. The molecule has 18 heavy (non-hydrogen) atoms. The molecule has 2 heterocycles. The molecule has 6 heteroatoms. The topological polar surface area (TPSA) is 57.7 Å². The maximum atomic E-state index is 11.0. The highest BCUT2D eigenvalue weighted by atomic mass is 32.1. The van der Waals surface area contributed by atoms with Crippen molar-refractivity contribution in [2.24, 2.45) is 0 Å². The van der Waals surface area contributed by atoms with E-state index < -0.39 is 0 Å². The number of aldehydes is 1. The largest absolute Gasteiger partial charge is 0.486 e. The molecule has 3 rings (SSSR count). The Morgan fingerprint density at radius 2 is 2.22 bits per heavy atom. The third-order valence-corrected chi connectivity index (χ3v) is 3.22. The van der Waals surface area contributed by atoms with Crippen LogP contribution in [0, 0.1) is 0 Å². The minimum Gasteiger partial charge on any atom is -0.486 e. The van der Waals surface area contributed by atoms with Crippen LogP contribution in [0.2, 0.25) is 0 Å². The van der Waals surface area contributed by atoms with Gasteiger partial charge < -0.3 is 14.2 Å². The van der Waals surface area contributed by atoms with Crippen molar-refractivity contribution in [3.8, 4) is 17.2 Å². The summed E-state index contributed by atoms with van der Waals surface area (Å²) in [7, 11) is 0. The molecule has 2 aromatic rings. The molecule has 0 saturated heterocycles. The fraction of sp³-hybridized carbons (Fsp3) is 0.167. The average Bonchev–Trinajstić information content (AvgIpc) is 3.05. The van der Waals surface area contributed by atoms with Gasteiger partial charge in [-0.15, -0.1) is 11.3 Å². The summed E-state index contributed by atoms with van der Waals surface area (Å²) >= 11 is 1.50. The van der Waals surface area contributed by atoms with Crippen LogP contribution in [0.1, 0.15) is 15.4 Å². The first kappa shape index (κ1) is 11.0. The zero-order valence-corrected chi connectivity index (χ0v) is 10.1. The fourth-order valence-electron chi connectivity index (χ4n) is 1.62. The molecule has 5 nitrogen and oxygen atoms in total. The number of fused-ring (bicyclic) bond motifs is 1. The van der Waals surface area contributed by atoms with Crippen molar-refractivity contribution in [3.63, 3.8) is 0 Å². The molecule has 92 valence electrons. The molecule has 0 aliphatic carbocycles. The van der Waals surface area contributed by atoms with Gasteiger partial charge in [0.1, 0.15) is 17.4 Å². The normalized spacial score (nSPS) is 12.4. The predicted molar refractivity (Wildman–Crippen MR) is 64.4 cm³/mol. The standard InChI is InChI=1S/C12H9NO4S/c14-5-8-3-10-11(17-7-16-10)4-9(8)15-6-12-13-1-2-18-12/h1-5H,6-7H2. The van der Waals surface area contributed by atoms with Crippen molar-refractivity contribution in [3.05, 3.63) is 34.3 Å². The monoisotopic (exact) mass is 263 g/mol. The number of hydrogen-bond acceptors (Lipinski definition) is 6. The van der Waals surface area contributed by atoms with E-state index in [9.17, 15) is 4.79 Å². The zero-order valence-electron chi connectivity index (χ0n) is 9.29. The molecule has 0 bridgehead atoms. The summed E-state index contributed by atoms with van der Waals surface area (Å²) in [5.41, 5.74) is 0.441. The molecule has 1 aromatic carbocycles. The van der Waals surface area contributed by atoms with Crippen LogP contribution < -0.4 is 14.2 Å². The summed E-state index contributed by atoms with van der Waals surface area (Å²) < 4.78 is 16.0. The highest BCUT2D eigenvalue weighted by Gasteiger charge is 2.18. The summed E-state index contributed by atoms with van der Waals surface area (Å²) in [6.45, 7) is 0.502. The number of thiazole rings is 1.